The van der Waals surface area contributed by atoms with Crippen LogP contribution in [0.2, 0.25) is 0 Å². The van der Waals surface area contributed by atoms with Crippen LogP contribution in [0.1, 0.15) is 25.3 Å². The Kier molecular flexibility index (Phi) is 4.91. The van der Waals surface area contributed by atoms with Crippen LogP contribution in [0.5, 0.6) is 5.75 Å². The number of nitrogens with zero attached hydrogens (tertiary/aromatic N) is 2. The van der Waals surface area contributed by atoms with Crippen molar-refractivity contribution in [3.8, 4) is 5.75 Å². The molecule has 0 bridgehead atoms. The molecule has 0 radical (unpaired) electrons. The van der Waals surface area contributed by atoms with Gasteiger partial charge >= 0.3 is 5.69 Å². The van der Waals surface area contributed by atoms with E-state index in [1.807, 2.05) is 6.92 Å². The summed E-state index contributed by atoms with van der Waals surface area (Å²) >= 11 is 0. The number of oxime groups is 1. The van der Waals surface area contributed by atoms with E-state index in [-0.39, 0.29) is 22.8 Å². The number of hydrogen-bond donors (Lipinski definition) is 2. The molecule has 7 heteroatoms. The maximum Gasteiger partial charge on any atom is 0.311 e. The van der Waals surface area contributed by atoms with Crippen molar-refractivity contribution in [2.75, 3.05) is 6.61 Å². The van der Waals surface area contributed by atoms with Gasteiger partial charge in [-0.1, -0.05) is 18.5 Å². The van der Waals surface area contributed by atoms with Gasteiger partial charge < -0.3 is 15.7 Å². The minimum absolute atomic E-state index is 0.182. The van der Waals surface area contributed by atoms with Gasteiger partial charge in [0.2, 0.25) is 0 Å². The van der Waals surface area contributed by atoms with Gasteiger partial charge in [0, 0.05) is 11.6 Å². The maximum atomic E-state index is 10.9. The lowest BCUT2D eigenvalue weighted by Crippen LogP contribution is -2.13. The largest absolute Gasteiger partial charge is 0.487 e. The zero-order valence-corrected chi connectivity index (χ0v) is 10.00. The van der Waals surface area contributed by atoms with Gasteiger partial charge in [-0.25, -0.2) is 0 Å². The Morgan fingerprint density at radius 2 is 2.33 bits per heavy atom. The minimum atomic E-state index is -0.560. The van der Waals surface area contributed by atoms with Crippen LogP contribution < -0.4 is 10.5 Å². The van der Waals surface area contributed by atoms with Gasteiger partial charge in [0.25, 0.3) is 0 Å². The number of nitro benzene ring substituents is 1. The third-order valence-electron chi connectivity index (χ3n) is 2.31. The predicted molar refractivity (Wildman–Crippen MR) is 66.0 cm³/mol. The monoisotopic (exact) mass is 253 g/mol. The number of rotatable bonds is 6. The first-order valence-electron chi connectivity index (χ1n) is 5.49. The zero-order valence-electron chi connectivity index (χ0n) is 10.00. The molecular formula is C11H15N3O4. The van der Waals surface area contributed by atoms with Gasteiger partial charge in [-0.3, -0.25) is 10.1 Å². The quantitative estimate of drug-likeness (QED) is 0.201. The molecule has 0 aliphatic heterocycles. The average molecular weight is 253 g/mol. The van der Waals surface area contributed by atoms with E-state index in [9.17, 15) is 10.1 Å². The second-order valence-electron chi connectivity index (χ2n) is 3.63. The van der Waals surface area contributed by atoms with Crippen molar-refractivity contribution in [3.63, 3.8) is 0 Å². The number of nitrogens with two attached hydrogens (primary N) is 1. The molecule has 0 fully saturated rings. The van der Waals surface area contributed by atoms with Gasteiger partial charge in [0.15, 0.2) is 11.6 Å². The van der Waals surface area contributed by atoms with Gasteiger partial charge in [0.05, 0.1) is 11.5 Å². The fourth-order valence-electron chi connectivity index (χ4n) is 1.33. The van der Waals surface area contributed by atoms with Crippen LogP contribution in [0.4, 0.5) is 5.69 Å². The van der Waals surface area contributed by atoms with Gasteiger partial charge in [-0.2, -0.15) is 0 Å². The van der Waals surface area contributed by atoms with E-state index >= 15 is 0 Å². The highest BCUT2D eigenvalue weighted by atomic mass is 16.6. The number of benzene rings is 1. The fraction of sp³-hybridized carbons (Fsp3) is 0.364. The molecule has 0 atom stereocenters. The molecule has 7 nitrogen and oxygen atoms in total. The summed E-state index contributed by atoms with van der Waals surface area (Å²) in [6.45, 7) is 2.42. The molecule has 0 aliphatic rings. The van der Waals surface area contributed by atoms with Gasteiger partial charge in [-0.05, 0) is 18.6 Å². The third kappa shape index (κ3) is 3.34. The van der Waals surface area contributed by atoms with Crippen LogP contribution in [-0.4, -0.2) is 22.6 Å². The van der Waals surface area contributed by atoms with Crippen LogP contribution in [0, 0.1) is 10.1 Å². The van der Waals surface area contributed by atoms with Crippen LogP contribution in [0.25, 0.3) is 0 Å². The highest BCUT2D eigenvalue weighted by Crippen LogP contribution is 2.28. The topological polar surface area (TPSA) is 111 Å². The van der Waals surface area contributed by atoms with Crippen molar-refractivity contribution < 1.29 is 14.9 Å². The SMILES string of the molecule is CCCCOc1ccc(C(N)=NO)cc1[N+](=O)[O-]. The second-order valence-corrected chi connectivity index (χ2v) is 3.63. The Bertz CT molecular complexity index is 460. The first-order valence-corrected chi connectivity index (χ1v) is 5.49. The summed E-state index contributed by atoms with van der Waals surface area (Å²) in [5.74, 6) is 0.00106. The Labute approximate surface area is 104 Å². The summed E-state index contributed by atoms with van der Waals surface area (Å²) in [4.78, 5) is 10.3. The maximum absolute atomic E-state index is 10.9. The molecule has 0 spiro atoms. The Balaban J connectivity index is 3.01. The summed E-state index contributed by atoms with van der Waals surface area (Å²) in [5, 5.41) is 22.2. The third-order valence-corrected chi connectivity index (χ3v) is 2.31. The van der Waals surface area contributed by atoms with E-state index in [2.05, 4.69) is 5.16 Å². The highest BCUT2D eigenvalue weighted by molar-refractivity contribution is 5.97. The smallest absolute Gasteiger partial charge is 0.311 e. The Hall–Kier alpha value is -2.31. The summed E-state index contributed by atoms with van der Waals surface area (Å²) in [6.07, 6.45) is 1.76. The number of ether oxygens (including phenoxy) is 1. The first kappa shape index (κ1) is 13.8. The number of hydrogen-bond acceptors (Lipinski definition) is 5. The second kappa shape index (κ2) is 6.43. The molecule has 1 aromatic rings. The van der Waals surface area contributed by atoms with Crippen LogP contribution in [-0.2, 0) is 0 Å². The molecule has 0 saturated carbocycles. The van der Waals surface area contributed by atoms with Crippen molar-refractivity contribution in [3.05, 3.63) is 33.9 Å². The molecule has 0 aromatic heterocycles. The standard InChI is InChI=1S/C11H15N3O4/c1-2-3-6-18-10-5-4-8(11(12)13-15)7-9(10)14(16)17/h4-5,7,15H,2-3,6H2,1H3,(H2,12,13). The van der Waals surface area contributed by atoms with E-state index in [4.69, 9.17) is 15.7 Å². The molecule has 3 N–H and O–H groups in total. The number of nitro groups is 1. The predicted octanol–water partition coefficient (Wildman–Crippen LogP) is 1.87. The lowest BCUT2D eigenvalue weighted by Gasteiger charge is -2.07. The van der Waals surface area contributed by atoms with Crippen molar-refractivity contribution in [2.45, 2.75) is 19.8 Å². The average Bonchev–Trinajstić information content (AvgIpc) is 2.38. The molecule has 1 rings (SSSR count). The molecule has 0 unspecified atom stereocenters. The first-order chi connectivity index (χ1) is 8.60. The molecule has 0 saturated heterocycles. The summed E-state index contributed by atoms with van der Waals surface area (Å²) in [7, 11) is 0. The fourth-order valence-corrected chi connectivity index (χ4v) is 1.33. The van der Waals surface area contributed by atoms with E-state index in [0.29, 0.717) is 6.61 Å². The van der Waals surface area contributed by atoms with Crippen molar-refractivity contribution in [2.24, 2.45) is 10.9 Å². The molecule has 98 valence electrons. The van der Waals surface area contributed by atoms with Crippen LogP contribution in [0.3, 0.4) is 0 Å². The van der Waals surface area contributed by atoms with Crippen LogP contribution in [0.15, 0.2) is 23.4 Å². The lowest BCUT2D eigenvalue weighted by atomic mass is 10.1. The van der Waals surface area contributed by atoms with Crippen molar-refractivity contribution in [1.29, 1.82) is 0 Å². The molecule has 0 aliphatic carbocycles. The van der Waals surface area contributed by atoms with Gasteiger partial charge in [0.1, 0.15) is 0 Å². The van der Waals surface area contributed by atoms with E-state index < -0.39 is 4.92 Å². The number of amidine groups is 1. The molecule has 0 heterocycles. The molecule has 18 heavy (non-hydrogen) atoms. The lowest BCUT2D eigenvalue weighted by molar-refractivity contribution is -0.385. The Morgan fingerprint density at radius 3 is 2.89 bits per heavy atom. The summed E-state index contributed by atoms with van der Waals surface area (Å²) in [6, 6.07) is 4.17. The Morgan fingerprint density at radius 1 is 1.61 bits per heavy atom. The highest BCUT2D eigenvalue weighted by Gasteiger charge is 2.17. The van der Waals surface area contributed by atoms with Crippen molar-refractivity contribution in [1.82, 2.24) is 0 Å². The van der Waals surface area contributed by atoms with Crippen molar-refractivity contribution >= 4 is 11.5 Å². The summed E-state index contributed by atoms with van der Waals surface area (Å²) < 4.78 is 5.32. The minimum Gasteiger partial charge on any atom is -0.487 e. The van der Waals surface area contributed by atoms with E-state index in [1.165, 1.54) is 18.2 Å². The number of unbranched alkanes of at least 4 members (excludes halogenated alkanes) is 1. The van der Waals surface area contributed by atoms with E-state index in [1.54, 1.807) is 0 Å². The normalized spacial score (nSPS) is 11.3. The summed E-state index contributed by atoms with van der Waals surface area (Å²) in [5.41, 5.74) is 5.44. The molecule has 1 aromatic carbocycles. The van der Waals surface area contributed by atoms with Crippen LogP contribution >= 0.6 is 0 Å². The van der Waals surface area contributed by atoms with E-state index in [0.717, 1.165) is 12.8 Å². The molecular weight excluding hydrogens is 238 g/mol. The van der Waals surface area contributed by atoms with Gasteiger partial charge in [-0.15, -0.1) is 0 Å². The zero-order chi connectivity index (χ0) is 13.5. The molecule has 0 amide bonds.